The highest BCUT2D eigenvalue weighted by Crippen LogP contribution is 2.30. The lowest BCUT2D eigenvalue weighted by Crippen LogP contribution is -2.05. The van der Waals surface area contributed by atoms with Crippen molar-refractivity contribution in [2.75, 3.05) is 0 Å². The quantitative estimate of drug-likeness (QED) is 0.372. The van der Waals surface area contributed by atoms with Crippen LogP contribution in [0.3, 0.4) is 0 Å². The van der Waals surface area contributed by atoms with Crippen LogP contribution in [0, 0.1) is 6.92 Å². The predicted molar refractivity (Wildman–Crippen MR) is 124 cm³/mol. The van der Waals surface area contributed by atoms with E-state index in [1.807, 2.05) is 6.07 Å². The fourth-order valence-electron chi connectivity index (χ4n) is 4.33. The van der Waals surface area contributed by atoms with Crippen LogP contribution in [0.5, 0.6) is 0 Å². The summed E-state index contributed by atoms with van der Waals surface area (Å²) >= 11 is 0. The third-order valence-electron chi connectivity index (χ3n) is 5.83. The molecule has 3 aromatic carbocycles. The molecule has 2 aromatic heterocycles. The van der Waals surface area contributed by atoms with Gasteiger partial charge >= 0.3 is 0 Å². The molecule has 0 radical (unpaired) electrons. The van der Waals surface area contributed by atoms with E-state index < -0.39 is 0 Å². The molecule has 0 unspecified atom stereocenters. The van der Waals surface area contributed by atoms with Gasteiger partial charge in [-0.3, -0.25) is 0 Å². The van der Waals surface area contributed by atoms with E-state index in [0.717, 1.165) is 53.1 Å². The molecule has 0 aliphatic rings. The van der Waals surface area contributed by atoms with Crippen LogP contribution in [0.4, 0.5) is 0 Å². The molecular formula is C26H26N4. The van der Waals surface area contributed by atoms with Gasteiger partial charge in [0.1, 0.15) is 11.6 Å². The molecule has 0 bridgehead atoms. The van der Waals surface area contributed by atoms with E-state index >= 15 is 0 Å². The molecule has 0 spiro atoms. The lowest BCUT2D eigenvalue weighted by molar-refractivity contribution is 0.722. The minimum atomic E-state index is 0.831. The topological polar surface area (TPSA) is 35.6 Å². The molecule has 4 nitrogen and oxygen atoms in total. The van der Waals surface area contributed by atoms with Crippen molar-refractivity contribution >= 4 is 22.1 Å². The lowest BCUT2D eigenvalue weighted by Gasteiger charge is -2.11. The number of benzene rings is 3. The summed E-state index contributed by atoms with van der Waals surface area (Å²) in [5, 5.41) is 0. The molecule has 0 saturated heterocycles. The highest BCUT2D eigenvalue weighted by atomic mass is 15.1. The van der Waals surface area contributed by atoms with Crippen LogP contribution in [0.1, 0.15) is 30.3 Å². The highest BCUT2D eigenvalue weighted by molar-refractivity contribution is 5.87. The SMILES string of the molecule is CCCc1nc2c(C)cc(-c3nc4ccccc4n3C)cc2n1Cc1ccccc1. The second-order valence-electron chi connectivity index (χ2n) is 7.99. The van der Waals surface area contributed by atoms with E-state index in [0.29, 0.717) is 0 Å². The molecule has 0 aliphatic heterocycles. The predicted octanol–water partition coefficient (Wildman–Crippen LogP) is 5.90. The molecule has 0 aliphatic carbocycles. The fraction of sp³-hybridized carbons (Fsp3) is 0.231. The highest BCUT2D eigenvalue weighted by Gasteiger charge is 2.17. The Morgan fingerprint density at radius 1 is 0.867 bits per heavy atom. The van der Waals surface area contributed by atoms with Gasteiger partial charge in [-0.15, -0.1) is 0 Å². The molecule has 150 valence electrons. The van der Waals surface area contributed by atoms with Crippen LogP contribution >= 0.6 is 0 Å². The van der Waals surface area contributed by atoms with Crippen LogP contribution < -0.4 is 0 Å². The van der Waals surface area contributed by atoms with Gasteiger partial charge in [0, 0.05) is 25.6 Å². The van der Waals surface area contributed by atoms with E-state index in [9.17, 15) is 0 Å². The van der Waals surface area contributed by atoms with E-state index in [2.05, 4.69) is 90.7 Å². The van der Waals surface area contributed by atoms with Gasteiger partial charge in [0.25, 0.3) is 0 Å². The Bertz CT molecular complexity index is 1340. The molecule has 5 rings (SSSR count). The first kappa shape index (κ1) is 18.6. The largest absolute Gasteiger partial charge is 0.327 e. The second-order valence-corrected chi connectivity index (χ2v) is 7.99. The second kappa shape index (κ2) is 7.45. The molecule has 0 fully saturated rings. The van der Waals surface area contributed by atoms with Gasteiger partial charge in [-0.05, 0) is 48.7 Å². The van der Waals surface area contributed by atoms with Crippen molar-refractivity contribution in [2.24, 2.45) is 7.05 Å². The number of rotatable bonds is 5. The monoisotopic (exact) mass is 394 g/mol. The van der Waals surface area contributed by atoms with Crippen molar-refractivity contribution in [1.82, 2.24) is 19.1 Å². The van der Waals surface area contributed by atoms with E-state index in [-0.39, 0.29) is 0 Å². The van der Waals surface area contributed by atoms with Crippen molar-refractivity contribution in [1.29, 1.82) is 0 Å². The molecule has 30 heavy (non-hydrogen) atoms. The minimum Gasteiger partial charge on any atom is -0.327 e. The molecule has 0 N–H and O–H groups in total. The van der Waals surface area contributed by atoms with Gasteiger partial charge in [-0.25, -0.2) is 9.97 Å². The summed E-state index contributed by atoms with van der Waals surface area (Å²) in [6, 6.07) is 23.4. The normalized spacial score (nSPS) is 11.6. The van der Waals surface area contributed by atoms with E-state index in [1.54, 1.807) is 0 Å². The average molecular weight is 395 g/mol. The van der Waals surface area contributed by atoms with Crippen molar-refractivity contribution in [2.45, 2.75) is 33.2 Å². The molecule has 4 heteroatoms. The van der Waals surface area contributed by atoms with Gasteiger partial charge in [-0.2, -0.15) is 0 Å². The maximum absolute atomic E-state index is 5.03. The summed E-state index contributed by atoms with van der Waals surface area (Å²) in [5.74, 6) is 2.15. The zero-order chi connectivity index (χ0) is 20.7. The smallest absolute Gasteiger partial charge is 0.140 e. The van der Waals surface area contributed by atoms with Gasteiger partial charge in [0.15, 0.2) is 0 Å². The van der Waals surface area contributed by atoms with Crippen LogP contribution in [0.15, 0.2) is 66.7 Å². The third-order valence-corrected chi connectivity index (χ3v) is 5.83. The number of nitrogens with zero attached hydrogens (tertiary/aromatic N) is 4. The number of fused-ring (bicyclic) bond motifs is 2. The standard InChI is InChI=1S/C26H26N4/c1-4-10-24-28-25-18(2)15-20(26-27-21-13-8-9-14-22(21)29(26)3)16-23(25)30(24)17-19-11-6-5-7-12-19/h5-9,11-16H,4,10,17H2,1-3H3. The molecular weight excluding hydrogens is 368 g/mol. The Hall–Kier alpha value is -3.40. The summed E-state index contributed by atoms with van der Waals surface area (Å²) in [4.78, 5) is 9.95. The molecule has 0 atom stereocenters. The Kier molecular flexibility index (Phi) is 4.62. The Balaban J connectivity index is 1.71. The number of para-hydroxylation sites is 2. The summed E-state index contributed by atoms with van der Waals surface area (Å²) in [7, 11) is 2.09. The first-order chi connectivity index (χ1) is 14.7. The van der Waals surface area contributed by atoms with Crippen LogP contribution in [0.25, 0.3) is 33.5 Å². The van der Waals surface area contributed by atoms with E-state index in [4.69, 9.17) is 9.97 Å². The van der Waals surface area contributed by atoms with Crippen molar-refractivity contribution in [3.8, 4) is 11.4 Å². The maximum atomic E-state index is 5.03. The van der Waals surface area contributed by atoms with Gasteiger partial charge < -0.3 is 9.13 Å². The minimum absolute atomic E-state index is 0.831. The number of imidazole rings is 2. The number of aromatic nitrogens is 4. The molecule has 0 saturated carbocycles. The van der Waals surface area contributed by atoms with Crippen molar-refractivity contribution in [3.05, 3.63) is 83.7 Å². The zero-order valence-electron chi connectivity index (χ0n) is 17.8. The average Bonchev–Trinajstić information content (AvgIpc) is 3.28. The summed E-state index contributed by atoms with van der Waals surface area (Å²) in [6.45, 7) is 5.20. The van der Waals surface area contributed by atoms with Crippen LogP contribution in [-0.2, 0) is 20.0 Å². The van der Waals surface area contributed by atoms with Gasteiger partial charge in [0.05, 0.1) is 22.1 Å². The maximum Gasteiger partial charge on any atom is 0.140 e. The summed E-state index contributed by atoms with van der Waals surface area (Å²) < 4.78 is 4.56. The Morgan fingerprint density at radius 2 is 1.63 bits per heavy atom. The third kappa shape index (κ3) is 3.09. The van der Waals surface area contributed by atoms with Crippen molar-refractivity contribution in [3.63, 3.8) is 0 Å². The zero-order valence-corrected chi connectivity index (χ0v) is 17.8. The first-order valence-electron chi connectivity index (χ1n) is 10.6. The van der Waals surface area contributed by atoms with Gasteiger partial charge in [0.2, 0.25) is 0 Å². The Morgan fingerprint density at radius 3 is 2.40 bits per heavy atom. The lowest BCUT2D eigenvalue weighted by atomic mass is 10.1. The summed E-state index contributed by atoms with van der Waals surface area (Å²) in [5.41, 5.74) is 8.07. The summed E-state index contributed by atoms with van der Waals surface area (Å²) in [6.07, 6.45) is 2.05. The molecule has 5 aromatic rings. The fourth-order valence-corrected chi connectivity index (χ4v) is 4.33. The number of hydrogen-bond acceptors (Lipinski definition) is 2. The molecule has 2 heterocycles. The van der Waals surface area contributed by atoms with Gasteiger partial charge in [-0.1, -0.05) is 49.4 Å². The van der Waals surface area contributed by atoms with Crippen LogP contribution in [0.2, 0.25) is 0 Å². The Labute approximate surface area is 176 Å². The first-order valence-corrected chi connectivity index (χ1v) is 10.6. The van der Waals surface area contributed by atoms with Crippen molar-refractivity contribution < 1.29 is 0 Å². The number of hydrogen-bond donors (Lipinski definition) is 0. The van der Waals surface area contributed by atoms with E-state index in [1.165, 1.54) is 16.6 Å². The molecule has 0 amide bonds. The number of aryl methyl sites for hydroxylation is 3. The van der Waals surface area contributed by atoms with Crippen LogP contribution in [-0.4, -0.2) is 19.1 Å².